The Morgan fingerprint density at radius 1 is 0.500 bits per heavy atom. The van der Waals surface area contributed by atoms with Crippen LogP contribution in [0, 0.1) is 59.2 Å². The van der Waals surface area contributed by atoms with Crippen LogP contribution in [0.4, 0.5) is 0 Å². The molecule has 5 rings (SSSR count). The van der Waals surface area contributed by atoms with Gasteiger partial charge in [0.1, 0.15) is 0 Å². The molecule has 0 aromatic rings. The van der Waals surface area contributed by atoms with E-state index in [-0.39, 0.29) is 0 Å². The summed E-state index contributed by atoms with van der Waals surface area (Å²) in [6, 6.07) is 0. The minimum Gasteiger partial charge on any atom is -0.0914 e. The minimum atomic E-state index is 0.899. The summed E-state index contributed by atoms with van der Waals surface area (Å²) in [5.41, 5.74) is 0. The summed E-state index contributed by atoms with van der Waals surface area (Å²) >= 11 is 0. The summed E-state index contributed by atoms with van der Waals surface area (Å²) in [7, 11) is 0. The van der Waals surface area contributed by atoms with Gasteiger partial charge in [-0.05, 0) is 130 Å². The van der Waals surface area contributed by atoms with Crippen LogP contribution < -0.4 is 0 Å². The summed E-state index contributed by atoms with van der Waals surface area (Å²) in [6.45, 7) is 4.74. The molecule has 0 aromatic heterocycles. The third-order valence-electron chi connectivity index (χ3n) is 11.2. The van der Waals surface area contributed by atoms with Gasteiger partial charge in [0.15, 0.2) is 0 Å². The second kappa shape index (κ2) is 9.70. The SMILES string of the molecule is C/C=C/C1CCC(C2C3CCCCC3C(C3CCC(C)CC3)C3CCCCC32)CC1. The van der Waals surface area contributed by atoms with Gasteiger partial charge in [-0.1, -0.05) is 57.6 Å². The van der Waals surface area contributed by atoms with Crippen LogP contribution in [0.15, 0.2) is 12.2 Å². The predicted molar refractivity (Wildman–Crippen MR) is 129 cm³/mol. The van der Waals surface area contributed by atoms with E-state index in [2.05, 4.69) is 26.0 Å². The molecule has 0 amide bonds. The van der Waals surface area contributed by atoms with E-state index in [9.17, 15) is 0 Å². The van der Waals surface area contributed by atoms with Crippen molar-refractivity contribution in [3.63, 3.8) is 0 Å². The van der Waals surface area contributed by atoms with E-state index in [4.69, 9.17) is 0 Å². The molecule has 0 spiro atoms. The lowest BCUT2D eigenvalue weighted by Gasteiger charge is -2.60. The number of hydrogen-bond acceptors (Lipinski definition) is 0. The van der Waals surface area contributed by atoms with Crippen molar-refractivity contribution in [1.29, 1.82) is 0 Å². The molecule has 5 fully saturated rings. The predicted octanol–water partition coefficient (Wildman–Crippen LogP) is 9.05. The van der Waals surface area contributed by atoms with Gasteiger partial charge in [0.2, 0.25) is 0 Å². The molecule has 170 valence electrons. The van der Waals surface area contributed by atoms with E-state index in [1.807, 2.05) is 0 Å². The monoisotopic (exact) mass is 410 g/mol. The zero-order chi connectivity index (χ0) is 20.5. The maximum atomic E-state index is 2.52. The summed E-state index contributed by atoms with van der Waals surface area (Å²) in [4.78, 5) is 0. The van der Waals surface area contributed by atoms with Crippen LogP contribution in [-0.2, 0) is 0 Å². The second-order valence-electron chi connectivity index (χ2n) is 12.6. The third-order valence-corrected chi connectivity index (χ3v) is 11.2. The molecule has 0 bridgehead atoms. The fourth-order valence-electron chi connectivity index (χ4n) is 9.99. The lowest BCUT2D eigenvalue weighted by molar-refractivity contribution is -0.113. The standard InChI is InChI=1S/C30H50/c1-3-8-22-15-19-24(20-16-22)30-27-11-6-4-9-25(27)29(23-17-13-21(2)14-18-23)26-10-5-7-12-28(26)30/h3,8,21-30H,4-7,9-20H2,1-2H3/b8-3+. The first-order valence-corrected chi connectivity index (χ1v) is 14.4. The van der Waals surface area contributed by atoms with E-state index in [1.165, 1.54) is 25.7 Å². The normalized spacial score (nSPS) is 50.1. The number of fused-ring (bicyclic) bond motifs is 2. The Hall–Kier alpha value is -0.260. The second-order valence-corrected chi connectivity index (χ2v) is 12.6. The molecule has 0 nitrogen and oxygen atoms in total. The molecule has 0 N–H and O–H groups in total. The average molecular weight is 411 g/mol. The highest BCUT2D eigenvalue weighted by Gasteiger charge is 2.54. The molecule has 5 saturated carbocycles. The topological polar surface area (TPSA) is 0 Å². The number of rotatable bonds is 3. The van der Waals surface area contributed by atoms with Crippen LogP contribution in [0.1, 0.15) is 117 Å². The Labute approximate surface area is 188 Å². The van der Waals surface area contributed by atoms with E-state index in [1.54, 1.807) is 77.0 Å². The Balaban J connectivity index is 1.39. The molecule has 0 radical (unpaired) electrons. The number of hydrogen-bond donors (Lipinski definition) is 0. The molecule has 0 heterocycles. The lowest BCUT2D eigenvalue weighted by atomic mass is 9.45. The third kappa shape index (κ3) is 4.20. The molecule has 0 saturated heterocycles. The van der Waals surface area contributed by atoms with Gasteiger partial charge in [-0.25, -0.2) is 0 Å². The molecule has 30 heavy (non-hydrogen) atoms. The zero-order valence-electron chi connectivity index (χ0n) is 20.2. The Bertz CT molecular complexity index is 535. The Morgan fingerprint density at radius 2 is 0.900 bits per heavy atom. The molecular weight excluding hydrogens is 360 g/mol. The maximum Gasteiger partial charge on any atom is -0.0233 e. The van der Waals surface area contributed by atoms with Gasteiger partial charge >= 0.3 is 0 Å². The van der Waals surface area contributed by atoms with Crippen molar-refractivity contribution >= 4 is 0 Å². The van der Waals surface area contributed by atoms with Crippen molar-refractivity contribution in [3.05, 3.63) is 12.2 Å². The van der Waals surface area contributed by atoms with E-state index < -0.39 is 0 Å². The van der Waals surface area contributed by atoms with E-state index >= 15 is 0 Å². The van der Waals surface area contributed by atoms with Crippen LogP contribution in [0.2, 0.25) is 0 Å². The van der Waals surface area contributed by atoms with Gasteiger partial charge in [0.25, 0.3) is 0 Å². The molecule has 0 heteroatoms. The van der Waals surface area contributed by atoms with E-state index in [0.717, 1.165) is 59.2 Å². The Morgan fingerprint density at radius 3 is 1.30 bits per heavy atom. The van der Waals surface area contributed by atoms with Crippen molar-refractivity contribution in [1.82, 2.24) is 0 Å². The van der Waals surface area contributed by atoms with Crippen molar-refractivity contribution in [3.8, 4) is 0 Å². The smallest absolute Gasteiger partial charge is 0.0233 e. The first-order valence-electron chi connectivity index (χ1n) is 14.4. The van der Waals surface area contributed by atoms with Crippen LogP contribution >= 0.6 is 0 Å². The largest absolute Gasteiger partial charge is 0.0914 e. The van der Waals surface area contributed by atoms with Crippen LogP contribution in [0.3, 0.4) is 0 Å². The summed E-state index contributed by atoms with van der Waals surface area (Å²) in [5.74, 6) is 10.8. The van der Waals surface area contributed by atoms with Gasteiger partial charge in [0.05, 0.1) is 0 Å². The highest BCUT2D eigenvalue weighted by atomic mass is 14.6. The highest BCUT2D eigenvalue weighted by Crippen LogP contribution is 2.62. The fraction of sp³-hybridized carbons (Fsp3) is 0.933. The fourth-order valence-corrected chi connectivity index (χ4v) is 9.99. The van der Waals surface area contributed by atoms with Crippen LogP contribution in [0.5, 0.6) is 0 Å². The molecular formula is C30H50. The maximum absolute atomic E-state index is 2.52. The molecule has 5 aliphatic rings. The van der Waals surface area contributed by atoms with Gasteiger partial charge in [-0.15, -0.1) is 0 Å². The van der Waals surface area contributed by atoms with Gasteiger partial charge in [-0.2, -0.15) is 0 Å². The molecule has 0 aliphatic heterocycles. The summed E-state index contributed by atoms with van der Waals surface area (Å²) in [5, 5.41) is 0. The van der Waals surface area contributed by atoms with E-state index in [0.29, 0.717) is 0 Å². The number of allylic oxidation sites excluding steroid dienone is 2. The Kier molecular flexibility index (Phi) is 6.98. The molecule has 4 unspecified atom stereocenters. The summed E-state index contributed by atoms with van der Waals surface area (Å²) < 4.78 is 0. The average Bonchev–Trinajstić information content (AvgIpc) is 2.79. The summed E-state index contributed by atoms with van der Waals surface area (Å²) in [6.07, 6.45) is 29.8. The molecule has 4 atom stereocenters. The first kappa shape index (κ1) is 21.6. The van der Waals surface area contributed by atoms with Gasteiger partial charge in [0, 0.05) is 0 Å². The van der Waals surface area contributed by atoms with Crippen LogP contribution in [-0.4, -0.2) is 0 Å². The highest BCUT2D eigenvalue weighted by molar-refractivity contribution is 5.04. The van der Waals surface area contributed by atoms with Gasteiger partial charge in [-0.3, -0.25) is 0 Å². The first-order chi connectivity index (χ1) is 14.8. The van der Waals surface area contributed by atoms with Gasteiger partial charge < -0.3 is 0 Å². The minimum absolute atomic E-state index is 0.899. The molecule has 0 aromatic carbocycles. The van der Waals surface area contributed by atoms with Crippen molar-refractivity contribution in [2.75, 3.05) is 0 Å². The van der Waals surface area contributed by atoms with Crippen LogP contribution in [0.25, 0.3) is 0 Å². The van der Waals surface area contributed by atoms with Crippen molar-refractivity contribution < 1.29 is 0 Å². The van der Waals surface area contributed by atoms with Crippen molar-refractivity contribution in [2.45, 2.75) is 117 Å². The zero-order valence-corrected chi connectivity index (χ0v) is 20.2. The molecule has 5 aliphatic carbocycles. The quantitative estimate of drug-likeness (QED) is 0.407. The lowest BCUT2D eigenvalue weighted by Crippen LogP contribution is -2.53. The van der Waals surface area contributed by atoms with Crippen molar-refractivity contribution in [2.24, 2.45) is 59.2 Å².